The standard InChI is InChI=1S/C21H19N3O5/c1-13-5-7-15(8-6-13)16-11-17(18-4-3-9-27-18)24(22-16)20(25)12-28-21(26)19-10-14(2)23-29-19/h3-10,17H,11-12H2,1-2H3/t17-/m1/s1. The van der Waals surface area contributed by atoms with Gasteiger partial charge in [0.15, 0.2) is 6.61 Å². The predicted molar refractivity (Wildman–Crippen MR) is 102 cm³/mol. The molecule has 1 atom stereocenters. The zero-order valence-corrected chi connectivity index (χ0v) is 16.0. The molecule has 0 aliphatic carbocycles. The van der Waals surface area contributed by atoms with E-state index < -0.39 is 24.5 Å². The first-order chi connectivity index (χ1) is 14.0. The Morgan fingerprint density at radius 1 is 1.21 bits per heavy atom. The number of amides is 1. The summed E-state index contributed by atoms with van der Waals surface area (Å²) in [6.07, 6.45) is 2.05. The van der Waals surface area contributed by atoms with Crippen molar-refractivity contribution in [3.05, 3.63) is 77.1 Å². The molecule has 0 saturated carbocycles. The van der Waals surface area contributed by atoms with Crippen LogP contribution in [0.4, 0.5) is 0 Å². The summed E-state index contributed by atoms with van der Waals surface area (Å²) in [7, 11) is 0. The number of hydrogen-bond donors (Lipinski definition) is 0. The van der Waals surface area contributed by atoms with Gasteiger partial charge in [-0.1, -0.05) is 35.0 Å². The lowest BCUT2D eigenvalue weighted by atomic mass is 10.0. The molecule has 8 heteroatoms. The summed E-state index contributed by atoms with van der Waals surface area (Å²) in [5.41, 5.74) is 3.37. The van der Waals surface area contributed by atoms with Crippen LogP contribution in [0.2, 0.25) is 0 Å². The Hall–Kier alpha value is -3.68. The fourth-order valence-electron chi connectivity index (χ4n) is 3.09. The van der Waals surface area contributed by atoms with Gasteiger partial charge >= 0.3 is 5.97 Å². The molecule has 0 N–H and O–H groups in total. The first-order valence-electron chi connectivity index (χ1n) is 9.11. The van der Waals surface area contributed by atoms with Gasteiger partial charge in [-0.25, -0.2) is 9.80 Å². The van der Waals surface area contributed by atoms with Crippen LogP contribution in [-0.2, 0) is 9.53 Å². The molecule has 0 spiro atoms. The number of furan rings is 1. The van der Waals surface area contributed by atoms with Gasteiger partial charge in [-0.2, -0.15) is 5.10 Å². The van der Waals surface area contributed by atoms with Gasteiger partial charge in [0, 0.05) is 12.5 Å². The Balaban J connectivity index is 1.52. The molecular formula is C21H19N3O5. The highest BCUT2D eigenvalue weighted by atomic mass is 16.6. The van der Waals surface area contributed by atoms with Crippen LogP contribution < -0.4 is 0 Å². The van der Waals surface area contributed by atoms with Crippen molar-refractivity contribution >= 4 is 17.6 Å². The first kappa shape index (κ1) is 18.7. The van der Waals surface area contributed by atoms with E-state index in [1.807, 2.05) is 31.2 Å². The minimum absolute atomic E-state index is 0.0526. The number of hydrogen-bond acceptors (Lipinski definition) is 7. The van der Waals surface area contributed by atoms with Crippen molar-refractivity contribution in [3.63, 3.8) is 0 Å². The van der Waals surface area contributed by atoms with Crippen molar-refractivity contribution in [2.45, 2.75) is 26.3 Å². The molecule has 3 heterocycles. The highest BCUT2D eigenvalue weighted by Crippen LogP contribution is 2.33. The predicted octanol–water partition coefficient (Wildman–Crippen LogP) is 3.42. The molecule has 0 radical (unpaired) electrons. The van der Waals surface area contributed by atoms with Gasteiger partial charge in [-0.05, 0) is 31.5 Å². The normalized spacial score (nSPS) is 16.0. The Bertz CT molecular complexity index is 1050. The van der Waals surface area contributed by atoms with Crippen LogP contribution in [0.5, 0.6) is 0 Å². The smallest absolute Gasteiger partial charge is 0.377 e. The number of nitrogens with zero attached hydrogens (tertiary/aromatic N) is 3. The minimum Gasteiger partial charge on any atom is -0.467 e. The maximum Gasteiger partial charge on any atom is 0.377 e. The van der Waals surface area contributed by atoms with Crippen molar-refractivity contribution < 1.29 is 23.3 Å². The van der Waals surface area contributed by atoms with E-state index in [2.05, 4.69) is 10.3 Å². The van der Waals surface area contributed by atoms with Crippen molar-refractivity contribution in [1.29, 1.82) is 0 Å². The van der Waals surface area contributed by atoms with E-state index in [4.69, 9.17) is 13.7 Å². The molecule has 1 aliphatic rings. The first-order valence-corrected chi connectivity index (χ1v) is 9.11. The molecule has 1 aliphatic heterocycles. The molecular weight excluding hydrogens is 374 g/mol. The van der Waals surface area contributed by atoms with Crippen LogP contribution in [0, 0.1) is 13.8 Å². The van der Waals surface area contributed by atoms with E-state index in [0.29, 0.717) is 17.9 Å². The summed E-state index contributed by atoms with van der Waals surface area (Å²) in [6, 6.07) is 12.5. The lowest BCUT2D eigenvalue weighted by molar-refractivity contribution is -0.136. The number of hydrazone groups is 1. The number of ether oxygens (including phenoxy) is 1. The SMILES string of the molecule is Cc1ccc(C2=NN(C(=O)COC(=O)c3cc(C)no3)[C@@H](c3ccco3)C2)cc1. The summed E-state index contributed by atoms with van der Waals surface area (Å²) >= 11 is 0. The van der Waals surface area contributed by atoms with Crippen LogP contribution in [-0.4, -0.2) is 34.4 Å². The molecule has 0 bridgehead atoms. The molecule has 8 nitrogen and oxygen atoms in total. The summed E-state index contributed by atoms with van der Waals surface area (Å²) in [4.78, 5) is 24.8. The second kappa shape index (κ2) is 7.75. The van der Waals surface area contributed by atoms with Crippen LogP contribution >= 0.6 is 0 Å². The Morgan fingerprint density at radius 2 is 2.00 bits per heavy atom. The Kier molecular flexibility index (Phi) is 4.99. The molecule has 29 heavy (non-hydrogen) atoms. The number of carbonyl (C=O) groups excluding carboxylic acids is 2. The van der Waals surface area contributed by atoms with E-state index in [1.165, 1.54) is 11.1 Å². The molecule has 0 fully saturated rings. The van der Waals surface area contributed by atoms with Gasteiger partial charge in [0.25, 0.3) is 5.91 Å². The van der Waals surface area contributed by atoms with Crippen LogP contribution in [0.3, 0.4) is 0 Å². The fraction of sp³-hybridized carbons (Fsp3) is 0.238. The molecule has 3 aromatic rings. The van der Waals surface area contributed by atoms with Gasteiger partial charge in [0.1, 0.15) is 11.8 Å². The van der Waals surface area contributed by atoms with Crippen LogP contribution in [0.1, 0.15) is 45.6 Å². The third-order valence-corrected chi connectivity index (χ3v) is 4.58. The molecule has 4 rings (SSSR count). The van der Waals surface area contributed by atoms with Crippen molar-refractivity contribution in [2.75, 3.05) is 6.61 Å². The third kappa shape index (κ3) is 3.96. The van der Waals surface area contributed by atoms with Gasteiger partial charge < -0.3 is 13.7 Å². The van der Waals surface area contributed by atoms with E-state index in [0.717, 1.165) is 16.8 Å². The summed E-state index contributed by atoms with van der Waals surface area (Å²) in [5.74, 6) is -0.655. The van der Waals surface area contributed by atoms with Gasteiger partial charge in [0.2, 0.25) is 5.76 Å². The number of aromatic nitrogens is 1. The summed E-state index contributed by atoms with van der Waals surface area (Å²) < 4.78 is 15.4. The summed E-state index contributed by atoms with van der Waals surface area (Å²) in [6.45, 7) is 3.22. The Labute approximate surface area is 166 Å². The lowest BCUT2D eigenvalue weighted by Crippen LogP contribution is -2.31. The van der Waals surface area contributed by atoms with Crippen molar-refractivity contribution in [1.82, 2.24) is 10.2 Å². The number of esters is 1. The number of carbonyl (C=O) groups is 2. The monoisotopic (exact) mass is 393 g/mol. The van der Waals surface area contributed by atoms with Gasteiger partial charge in [-0.15, -0.1) is 0 Å². The maximum atomic E-state index is 12.8. The second-order valence-corrected chi connectivity index (χ2v) is 6.80. The van der Waals surface area contributed by atoms with Crippen LogP contribution in [0.25, 0.3) is 0 Å². The van der Waals surface area contributed by atoms with Gasteiger partial charge in [0.05, 0.1) is 17.7 Å². The maximum absolute atomic E-state index is 12.8. The number of aryl methyl sites for hydroxylation is 2. The molecule has 0 saturated heterocycles. The highest BCUT2D eigenvalue weighted by molar-refractivity contribution is 6.03. The van der Waals surface area contributed by atoms with Crippen molar-refractivity contribution in [2.24, 2.45) is 5.10 Å². The van der Waals surface area contributed by atoms with E-state index in [9.17, 15) is 9.59 Å². The molecule has 1 aromatic carbocycles. The number of rotatable bonds is 5. The lowest BCUT2D eigenvalue weighted by Gasteiger charge is -2.19. The Morgan fingerprint density at radius 3 is 2.66 bits per heavy atom. The zero-order valence-electron chi connectivity index (χ0n) is 16.0. The van der Waals surface area contributed by atoms with Crippen molar-refractivity contribution in [3.8, 4) is 0 Å². The minimum atomic E-state index is -0.754. The van der Waals surface area contributed by atoms with Crippen LogP contribution in [0.15, 0.2) is 62.8 Å². The molecule has 148 valence electrons. The van der Waals surface area contributed by atoms with Gasteiger partial charge in [-0.3, -0.25) is 4.79 Å². The van der Waals surface area contributed by atoms with E-state index in [1.54, 1.807) is 25.3 Å². The third-order valence-electron chi connectivity index (χ3n) is 4.58. The highest BCUT2D eigenvalue weighted by Gasteiger charge is 2.35. The average molecular weight is 393 g/mol. The zero-order chi connectivity index (χ0) is 20.4. The topological polar surface area (TPSA) is 98.1 Å². The molecule has 1 amide bonds. The number of benzene rings is 1. The summed E-state index contributed by atoms with van der Waals surface area (Å²) in [5, 5.41) is 9.44. The average Bonchev–Trinajstić information content (AvgIpc) is 3.46. The largest absolute Gasteiger partial charge is 0.467 e. The van der Waals surface area contributed by atoms with E-state index in [-0.39, 0.29) is 5.76 Å². The fourth-order valence-corrected chi connectivity index (χ4v) is 3.09. The van der Waals surface area contributed by atoms with E-state index >= 15 is 0 Å². The molecule has 0 unspecified atom stereocenters. The quantitative estimate of drug-likeness (QED) is 0.616. The second-order valence-electron chi connectivity index (χ2n) is 6.80. The molecule has 2 aromatic heterocycles.